The zero-order chi connectivity index (χ0) is 9.68. The van der Waals surface area contributed by atoms with Crippen LogP contribution in [0.15, 0.2) is 26.4 Å². The van der Waals surface area contributed by atoms with E-state index in [2.05, 4.69) is 0 Å². The molecule has 1 aromatic rings. The van der Waals surface area contributed by atoms with Crippen molar-refractivity contribution in [2.24, 2.45) is 0 Å². The fraction of sp³-hybridized carbons (Fsp3) is 0.222. The summed E-state index contributed by atoms with van der Waals surface area (Å²) in [6.45, 7) is 2.16. The maximum Gasteiger partial charge on any atom is 0.344 e. The van der Waals surface area contributed by atoms with Gasteiger partial charge >= 0.3 is 5.97 Å². The van der Waals surface area contributed by atoms with E-state index in [0.29, 0.717) is 15.9 Å². The minimum absolute atomic E-state index is 0.320. The van der Waals surface area contributed by atoms with E-state index in [9.17, 15) is 4.79 Å². The van der Waals surface area contributed by atoms with Crippen LogP contribution in [0.25, 0.3) is 6.08 Å². The molecule has 3 nitrogen and oxygen atoms in total. The highest BCUT2D eigenvalue weighted by Gasteiger charge is 2.06. The number of carbonyl (C=O) groups excluding carboxylic acids is 1. The van der Waals surface area contributed by atoms with Crippen molar-refractivity contribution in [1.29, 1.82) is 0 Å². The van der Waals surface area contributed by atoms with Gasteiger partial charge in [0.25, 0.3) is 0 Å². The monoisotopic (exact) mass is 292 g/mol. The summed E-state index contributed by atoms with van der Waals surface area (Å²) in [5.74, 6) is 0.331. The van der Waals surface area contributed by atoms with Crippen LogP contribution in [-0.4, -0.2) is 12.6 Å². The van der Waals surface area contributed by atoms with E-state index in [-0.39, 0.29) is 5.97 Å². The van der Waals surface area contributed by atoms with Crippen LogP contribution in [0.5, 0.6) is 0 Å². The highest BCUT2D eigenvalue weighted by atomic mass is 127. The highest BCUT2D eigenvalue weighted by molar-refractivity contribution is 14.1. The third-order valence-corrected chi connectivity index (χ3v) is 2.03. The molecule has 13 heavy (non-hydrogen) atoms. The molecule has 0 aliphatic carbocycles. The lowest BCUT2D eigenvalue weighted by molar-refractivity contribution is -0.137. The molecule has 0 aliphatic heterocycles. The molecule has 0 spiro atoms. The van der Waals surface area contributed by atoms with Crippen molar-refractivity contribution in [3.05, 3.63) is 27.7 Å². The molecule has 4 heteroatoms. The van der Waals surface area contributed by atoms with E-state index < -0.39 is 0 Å². The van der Waals surface area contributed by atoms with Crippen molar-refractivity contribution in [3.8, 4) is 0 Å². The van der Waals surface area contributed by atoms with Crippen LogP contribution >= 0.6 is 22.6 Å². The lowest BCUT2D eigenvalue weighted by Crippen LogP contribution is -2.02. The summed E-state index contributed by atoms with van der Waals surface area (Å²) in [5.41, 5.74) is 0. The molecule has 0 unspecified atom stereocenters. The number of hydrogen-bond acceptors (Lipinski definition) is 3. The Labute approximate surface area is 89.9 Å². The summed E-state index contributed by atoms with van der Waals surface area (Å²) in [6.07, 6.45) is 3.19. The van der Waals surface area contributed by atoms with Crippen molar-refractivity contribution in [2.45, 2.75) is 6.92 Å². The number of furan rings is 1. The Hall–Kier alpha value is -0.780. The van der Waals surface area contributed by atoms with Gasteiger partial charge < -0.3 is 9.15 Å². The molecule has 0 bridgehead atoms. The Morgan fingerprint density at radius 2 is 2.54 bits per heavy atom. The summed E-state index contributed by atoms with van der Waals surface area (Å²) < 4.78 is 10.3. The fourth-order valence-electron chi connectivity index (χ4n) is 0.757. The van der Waals surface area contributed by atoms with E-state index in [0.717, 1.165) is 0 Å². The molecule has 0 saturated heterocycles. The average molecular weight is 292 g/mol. The lowest BCUT2D eigenvalue weighted by atomic mass is 10.4. The summed E-state index contributed by atoms with van der Waals surface area (Å²) in [5, 5.41) is 0. The number of esters is 1. The third kappa shape index (κ3) is 3.22. The van der Waals surface area contributed by atoms with Crippen molar-refractivity contribution in [1.82, 2.24) is 0 Å². The van der Waals surface area contributed by atoms with E-state index >= 15 is 0 Å². The molecular weight excluding hydrogens is 283 g/mol. The Morgan fingerprint density at radius 1 is 1.77 bits per heavy atom. The minimum Gasteiger partial charge on any atom is -0.465 e. The van der Waals surface area contributed by atoms with E-state index in [1.807, 2.05) is 22.6 Å². The van der Waals surface area contributed by atoms with Crippen LogP contribution in [0, 0.1) is 0 Å². The molecular formula is C9H9IO3. The zero-order valence-corrected chi connectivity index (χ0v) is 9.28. The van der Waals surface area contributed by atoms with Gasteiger partial charge in [-0.15, -0.1) is 0 Å². The van der Waals surface area contributed by atoms with Crippen LogP contribution in [-0.2, 0) is 9.53 Å². The summed E-state index contributed by atoms with van der Waals surface area (Å²) in [4.78, 5) is 11.1. The number of halogens is 1. The van der Waals surface area contributed by atoms with Crippen LogP contribution < -0.4 is 0 Å². The molecule has 1 heterocycles. The molecule has 0 fully saturated rings. The Kier molecular flexibility index (Phi) is 4.01. The van der Waals surface area contributed by atoms with Crippen LogP contribution in [0.4, 0.5) is 0 Å². The summed E-state index contributed by atoms with van der Waals surface area (Å²) >= 11 is 1.92. The maximum absolute atomic E-state index is 11.1. The third-order valence-electron chi connectivity index (χ3n) is 1.28. The van der Waals surface area contributed by atoms with Gasteiger partial charge in [0.2, 0.25) is 0 Å². The standard InChI is InChI=1S/C9H9IO3/c1-2-12-9(11)8(10)6-7-4-3-5-13-7/h3-6H,2H2,1H3/b8-6-. The topological polar surface area (TPSA) is 39.4 Å². The van der Waals surface area contributed by atoms with Gasteiger partial charge in [0.1, 0.15) is 9.34 Å². The van der Waals surface area contributed by atoms with E-state index in [4.69, 9.17) is 9.15 Å². The second-order valence-corrected chi connectivity index (χ2v) is 3.39. The molecule has 0 amide bonds. The van der Waals surface area contributed by atoms with Crippen molar-refractivity contribution in [3.63, 3.8) is 0 Å². The molecule has 0 atom stereocenters. The first kappa shape index (κ1) is 10.3. The minimum atomic E-state index is -0.320. The van der Waals surface area contributed by atoms with Crippen molar-refractivity contribution < 1.29 is 13.9 Å². The number of carbonyl (C=O) groups is 1. The Morgan fingerprint density at radius 3 is 3.08 bits per heavy atom. The predicted octanol–water partition coefficient (Wildman–Crippen LogP) is 2.62. The van der Waals surface area contributed by atoms with Crippen molar-refractivity contribution in [2.75, 3.05) is 6.61 Å². The summed E-state index contributed by atoms with van der Waals surface area (Å²) in [6, 6.07) is 3.54. The molecule has 1 aromatic heterocycles. The first-order valence-corrected chi connectivity index (χ1v) is 4.89. The highest BCUT2D eigenvalue weighted by Crippen LogP contribution is 2.14. The smallest absolute Gasteiger partial charge is 0.344 e. The lowest BCUT2D eigenvalue weighted by Gasteiger charge is -1.98. The maximum atomic E-state index is 11.1. The van der Waals surface area contributed by atoms with E-state index in [1.54, 1.807) is 31.4 Å². The van der Waals surface area contributed by atoms with Crippen LogP contribution in [0.3, 0.4) is 0 Å². The SMILES string of the molecule is CCOC(=O)/C(I)=C/c1ccco1. The molecule has 0 saturated carbocycles. The van der Waals surface area contributed by atoms with E-state index in [1.165, 1.54) is 0 Å². The summed E-state index contributed by atoms with van der Waals surface area (Å²) in [7, 11) is 0. The first-order valence-electron chi connectivity index (χ1n) is 3.82. The Balaban J connectivity index is 2.66. The number of rotatable bonds is 3. The van der Waals surface area contributed by atoms with Crippen molar-refractivity contribution >= 4 is 34.6 Å². The average Bonchev–Trinajstić information content (AvgIpc) is 2.57. The van der Waals surface area contributed by atoms with Crippen LogP contribution in [0.1, 0.15) is 12.7 Å². The van der Waals surface area contributed by atoms with Gasteiger partial charge in [0, 0.05) is 6.08 Å². The van der Waals surface area contributed by atoms with Gasteiger partial charge in [0.15, 0.2) is 0 Å². The fourth-order valence-corrected chi connectivity index (χ4v) is 1.22. The second kappa shape index (κ2) is 5.06. The molecule has 0 radical (unpaired) electrons. The molecule has 0 N–H and O–H groups in total. The number of ether oxygens (including phenoxy) is 1. The second-order valence-electron chi connectivity index (χ2n) is 2.23. The van der Waals surface area contributed by atoms with Gasteiger partial charge in [-0.25, -0.2) is 4.79 Å². The van der Waals surface area contributed by atoms with Crippen LogP contribution in [0.2, 0.25) is 0 Å². The van der Waals surface area contributed by atoms with Gasteiger partial charge in [-0.1, -0.05) is 0 Å². The molecule has 1 rings (SSSR count). The number of hydrogen-bond donors (Lipinski definition) is 0. The molecule has 70 valence electrons. The zero-order valence-electron chi connectivity index (χ0n) is 7.12. The Bertz CT molecular complexity index is 301. The molecule has 0 aliphatic rings. The molecule has 0 aromatic carbocycles. The largest absolute Gasteiger partial charge is 0.465 e. The van der Waals surface area contributed by atoms with Gasteiger partial charge in [-0.05, 0) is 41.6 Å². The first-order chi connectivity index (χ1) is 6.24. The predicted molar refractivity (Wildman–Crippen MR) is 57.3 cm³/mol. The quantitative estimate of drug-likeness (QED) is 0.488. The van der Waals surface area contributed by atoms with Gasteiger partial charge in [-0.2, -0.15) is 0 Å². The normalized spacial score (nSPS) is 11.4. The van der Waals surface area contributed by atoms with Gasteiger partial charge in [0.05, 0.1) is 12.9 Å². The van der Waals surface area contributed by atoms with Gasteiger partial charge in [-0.3, -0.25) is 0 Å².